The number of nitriles is 1. The number of amides is 1. The summed E-state index contributed by atoms with van der Waals surface area (Å²) in [4.78, 5) is 20.0. The number of rotatable bonds is 6. The number of nitrogens with two attached hydrogens (primary N) is 1. The van der Waals surface area contributed by atoms with Crippen molar-refractivity contribution in [2.45, 2.75) is 39.0 Å². The molecule has 1 amide bonds. The quantitative estimate of drug-likeness (QED) is 0.637. The van der Waals surface area contributed by atoms with E-state index in [9.17, 15) is 10.1 Å². The molecule has 146 valence electrons. The second-order valence-corrected chi connectivity index (χ2v) is 7.71. The molecular weight excluding hydrogens is 342 g/mol. The molecule has 27 heavy (non-hydrogen) atoms. The number of quaternary nitrogens is 1. The molecule has 0 bridgehead atoms. The third-order valence-corrected chi connectivity index (χ3v) is 5.62. The number of aromatic amines is 1. The lowest BCUT2D eigenvalue weighted by atomic mass is 9.97. The Kier molecular flexibility index (Phi) is 6.30. The van der Waals surface area contributed by atoms with E-state index in [1.165, 1.54) is 16.8 Å². The molecule has 7 nitrogen and oxygen atoms in total. The first-order valence-electron chi connectivity index (χ1n) is 10.0. The molecule has 1 fully saturated rings. The summed E-state index contributed by atoms with van der Waals surface area (Å²) < 4.78 is 0. The van der Waals surface area contributed by atoms with Gasteiger partial charge in [-0.25, -0.2) is 4.98 Å². The molecule has 0 aromatic carbocycles. The molecule has 0 spiro atoms. The van der Waals surface area contributed by atoms with E-state index in [1.54, 1.807) is 0 Å². The molecule has 0 saturated carbocycles. The lowest BCUT2D eigenvalue weighted by Crippen LogP contribution is -2.87. The highest BCUT2D eigenvalue weighted by atomic mass is 16.3. The van der Waals surface area contributed by atoms with Crippen molar-refractivity contribution in [3.05, 3.63) is 22.4 Å². The number of pyridine rings is 1. The molecule has 2 heterocycles. The number of hydrogen-bond donors (Lipinski definition) is 2. The Balaban J connectivity index is 1.76. The van der Waals surface area contributed by atoms with Crippen molar-refractivity contribution in [1.82, 2.24) is 4.90 Å². The van der Waals surface area contributed by atoms with E-state index in [-0.39, 0.29) is 12.5 Å². The van der Waals surface area contributed by atoms with E-state index < -0.39 is 0 Å². The van der Waals surface area contributed by atoms with Gasteiger partial charge in [0.2, 0.25) is 0 Å². The standard InChI is InChI=1S/C20H29N5O2/c1-14(2)19-16-5-3-4-15(16)17(12-21)20(23-19)25-9-7-24(8-10-25)18(27)13-22-6-11-26/h14,22,26H,3-11,13H2,1-2H3/p+2. The summed E-state index contributed by atoms with van der Waals surface area (Å²) in [6, 6.07) is 2.45. The van der Waals surface area contributed by atoms with Gasteiger partial charge in [-0.3, -0.25) is 9.69 Å². The van der Waals surface area contributed by atoms with Crippen molar-refractivity contribution in [1.29, 1.82) is 5.26 Å². The predicted octanol–water partition coefficient (Wildman–Crippen LogP) is -0.811. The van der Waals surface area contributed by atoms with Crippen LogP contribution in [0.3, 0.4) is 0 Å². The van der Waals surface area contributed by atoms with Gasteiger partial charge in [0.15, 0.2) is 6.54 Å². The van der Waals surface area contributed by atoms with Crippen LogP contribution in [0.25, 0.3) is 0 Å². The average Bonchev–Trinajstić information content (AvgIpc) is 3.16. The van der Waals surface area contributed by atoms with Gasteiger partial charge in [-0.1, -0.05) is 13.8 Å². The molecule has 1 aromatic rings. The average molecular weight is 374 g/mol. The third-order valence-electron chi connectivity index (χ3n) is 5.62. The van der Waals surface area contributed by atoms with Crippen molar-refractivity contribution in [3.8, 4) is 6.07 Å². The number of carbonyl (C=O) groups excluding carboxylic acids is 1. The Hall–Kier alpha value is -2.17. The number of aliphatic hydroxyl groups is 1. The van der Waals surface area contributed by atoms with Crippen LogP contribution in [0.4, 0.5) is 5.82 Å². The Morgan fingerprint density at radius 3 is 2.59 bits per heavy atom. The zero-order valence-electron chi connectivity index (χ0n) is 16.4. The van der Waals surface area contributed by atoms with Gasteiger partial charge in [-0.15, -0.1) is 0 Å². The molecule has 2 aliphatic rings. The topological polar surface area (TPSA) is 98.3 Å². The van der Waals surface area contributed by atoms with Crippen LogP contribution in [0.1, 0.15) is 48.6 Å². The number of aliphatic hydroxyl groups excluding tert-OH is 1. The van der Waals surface area contributed by atoms with Crippen LogP contribution < -0.4 is 15.2 Å². The fourth-order valence-electron chi connectivity index (χ4n) is 4.20. The molecule has 1 aromatic heterocycles. The molecule has 0 unspecified atom stereocenters. The van der Waals surface area contributed by atoms with Gasteiger partial charge in [0.05, 0.1) is 26.2 Å². The fraction of sp³-hybridized carbons (Fsp3) is 0.650. The Bertz CT molecular complexity index is 733. The molecule has 1 aliphatic carbocycles. The summed E-state index contributed by atoms with van der Waals surface area (Å²) in [6.07, 6.45) is 3.16. The monoisotopic (exact) mass is 373 g/mol. The van der Waals surface area contributed by atoms with Gasteiger partial charge < -0.3 is 15.3 Å². The van der Waals surface area contributed by atoms with Gasteiger partial charge in [-0.2, -0.15) is 5.26 Å². The van der Waals surface area contributed by atoms with Crippen LogP contribution in [-0.4, -0.2) is 61.8 Å². The Morgan fingerprint density at radius 2 is 1.96 bits per heavy atom. The number of nitrogens with zero attached hydrogens (tertiary/aromatic N) is 3. The van der Waals surface area contributed by atoms with Crippen molar-refractivity contribution in [3.63, 3.8) is 0 Å². The minimum Gasteiger partial charge on any atom is -0.391 e. The highest BCUT2D eigenvalue weighted by Gasteiger charge is 2.33. The first kappa shape index (κ1) is 19.6. The first-order chi connectivity index (χ1) is 13.1. The number of hydrogen-bond acceptors (Lipinski definition) is 4. The van der Waals surface area contributed by atoms with Crippen molar-refractivity contribution in [2.75, 3.05) is 50.8 Å². The maximum atomic E-state index is 12.3. The van der Waals surface area contributed by atoms with E-state index in [0.29, 0.717) is 32.1 Å². The Labute approximate surface area is 161 Å². The van der Waals surface area contributed by atoms with E-state index in [1.807, 2.05) is 10.2 Å². The van der Waals surface area contributed by atoms with Crippen molar-refractivity contribution < 1.29 is 20.2 Å². The predicted molar refractivity (Wildman–Crippen MR) is 101 cm³/mol. The second kappa shape index (κ2) is 8.68. The van der Waals surface area contributed by atoms with Crippen LogP contribution >= 0.6 is 0 Å². The minimum absolute atomic E-state index is 0.0876. The van der Waals surface area contributed by atoms with Crippen molar-refractivity contribution in [2.24, 2.45) is 0 Å². The zero-order chi connectivity index (χ0) is 19.4. The summed E-state index contributed by atoms with van der Waals surface area (Å²) >= 11 is 0. The maximum absolute atomic E-state index is 12.3. The number of nitrogens with one attached hydrogen (secondary N) is 1. The fourth-order valence-corrected chi connectivity index (χ4v) is 4.20. The Morgan fingerprint density at radius 1 is 1.26 bits per heavy atom. The van der Waals surface area contributed by atoms with Crippen LogP contribution in [-0.2, 0) is 17.6 Å². The highest BCUT2D eigenvalue weighted by Crippen LogP contribution is 2.33. The summed E-state index contributed by atoms with van der Waals surface area (Å²) in [5.74, 6) is 1.44. The molecule has 1 saturated heterocycles. The summed E-state index contributed by atoms with van der Waals surface area (Å²) in [7, 11) is 0. The van der Waals surface area contributed by atoms with E-state index >= 15 is 0 Å². The summed E-state index contributed by atoms with van der Waals surface area (Å²) in [6.45, 7) is 8.20. The normalized spacial score (nSPS) is 16.6. The van der Waals surface area contributed by atoms with Crippen LogP contribution in [0.5, 0.6) is 0 Å². The van der Waals surface area contributed by atoms with Crippen molar-refractivity contribution >= 4 is 11.7 Å². The molecule has 1 aliphatic heterocycles. The van der Waals surface area contributed by atoms with E-state index in [0.717, 1.165) is 43.7 Å². The van der Waals surface area contributed by atoms with Crippen LogP contribution in [0.2, 0.25) is 0 Å². The van der Waals surface area contributed by atoms with E-state index in [2.05, 4.69) is 29.8 Å². The number of anilines is 1. The number of piperazine rings is 1. The van der Waals surface area contributed by atoms with E-state index in [4.69, 9.17) is 5.11 Å². The molecule has 0 radical (unpaired) electrons. The number of carbonyl (C=O) groups is 1. The SMILES string of the molecule is CC(C)c1[nH+]c(N2CCN(C(=O)C[NH2+]CCO)CC2)c(C#N)c2c1CCC2. The summed E-state index contributed by atoms with van der Waals surface area (Å²) in [5.41, 5.74) is 4.63. The molecular formula is C20H31N5O2+2. The van der Waals surface area contributed by atoms with Crippen LogP contribution in [0, 0.1) is 11.3 Å². The second-order valence-electron chi connectivity index (χ2n) is 7.71. The molecule has 7 heteroatoms. The zero-order valence-corrected chi connectivity index (χ0v) is 16.4. The molecule has 4 N–H and O–H groups in total. The minimum atomic E-state index is 0.0876. The van der Waals surface area contributed by atoms with Gasteiger partial charge in [-0.05, 0) is 30.4 Å². The van der Waals surface area contributed by atoms with Crippen LogP contribution in [0.15, 0.2) is 0 Å². The third kappa shape index (κ3) is 4.07. The number of aromatic nitrogens is 1. The lowest BCUT2D eigenvalue weighted by Gasteiger charge is -2.31. The van der Waals surface area contributed by atoms with Gasteiger partial charge in [0.25, 0.3) is 11.7 Å². The lowest BCUT2D eigenvalue weighted by molar-refractivity contribution is -0.645. The maximum Gasteiger partial charge on any atom is 0.293 e. The number of H-pyrrole nitrogens is 1. The smallest absolute Gasteiger partial charge is 0.293 e. The van der Waals surface area contributed by atoms with Gasteiger partial charge in [0, 0.05) is 5.92 Å². The van der Waals surface area contributed by atoms with Gasteiger partial charge in [0.1, 0.15) is 30.4 Å². The largest absolute Gasteiger partial charge is 0.391 e. The molecule has 0 atom stereocenters. The van der Waals surface area contributed by atoms with Gasteiger partial charge >= 0.3 is 0 Å². The highest BCUT2D eigenvalue weighted by molar-refractivity contribution is 5.77. The molecule has 3 rings (SSSR count). The number of fused-ring (bicyclic) bond motifs is 1. The summed E-state index contributed by atoms with van der Waals surface area (Å²) in [5, 5.41) is 20.5. The first-order valence-corrected chi connectivity index (χ1v) is 10.0.